The van der Waals surface area contributed by atoms with Crippen molar-refractivity contribution in [1.82, 2.24) is 14.9 Å². The van der Waals surface area contributed by atoms with Gasteiger partial charge in [0.25, 0.3) is 5.56 Å². The van der Waals surface area contributed by atoms with Crippen molar-refractivity contribution in [3.8, 4) is 11.5 Å². The SMILES string of the molecule is CCN(Cc1nc2cc(OC)c(OC)cc2c(=O)[nH]1)C(=S)Nc1ccccc1C. The molecule has 0 amide bonds. The fourth-order valence-corrected chi connectivity index (χ4v) is 3.31. The Morgan fingerprint density at radius 3 is 2.55 bits per heavy atom. The van der Waals surface area contributed by atoms with Crippen molar-refractivity contribution in [2.75, 3.05) is 26.1 Å². The Hall–Kier alpha value is -3.13. The molecule has 8 heteroatoms. The number of hydrogen-bond acceptors (Lipinski definition) is 5. The Bertz CT molecular complexity index is 1100. The van der Waals surface area contributed by atoms with Crippen molar-refractivity contribution in [3.63, 3.8) is 0 Å². The number of fused-ring (bicyclic) bond motifs is 1. The van der Waals surface area contributed by atoms with Gasteiger partial charge in [0.15, 0.2) is 16.6 Å². The lowest BCUT2D eigenvalue weighted by Gasteiger charge is -2.24. The van der Waals surface area contributed by atoms with Gasteiger partial charge in [-0.05, 0) is 43.8 Å². The monoisotopic (exact) mass is 412 g/mol. The quantitative estimate of drug-likeness (QED) is 0.600. The van der Waals surface area contributed by atoms with Crippen LogP contribution >= 0.6 is 12.2 Å². The third-order valence-electron chi connectivity index (χ3n) is 4.66. The Morgan fingerprint density at radius 1 is 1.21 bits per heavy atom. The number of aromatic amines is 1. The first-order chi connectivity index (χ1) is 14.0. The molecule has 0 aliphatic rings. The van der Waals surface area contributed by atoms with E-state index in [1.807, 2.05) is 43.0 Å². The highest BCUT2D eigenvalue weighted by atomic mass is 32.1. The highest BCUT2D eigenvalue weighted by Gasteiger charge is 2.14. The highest BCUT2D eigenvalue weighted by molar-refractivity contribution is 7.80. The minimum absolute atomic E-state index is 0.236. The summed E-state index contributed by atoms with van der Waals surface area (Å²) in [7, 11) is 3.08. The van der Waals surface area contributed by atoms with Gasteiger partial charge in [0.2, 0.25) is 0 Å². The third kappa shape index (κ3) is 4.48. The maximum atomic E-state index is 12.6. The van der Waals surface area contributed by atoms with E-state index in [2.05, 4.69) is 15.3 Å². The number of aromatic nitrogens is 2. The number of thiocarbonyl (C=S) groups is 1. The molecule has 29 heavy (non-hydrogen) atoms. The Balaban J connectivity index is 1.88. The van der Waals surface area contributed by atoms with Crippen LogP contribution in [0.5, 0.6) is 11.5 Å². The van der Waals surface area contributed by atoms with Gasteiger partial charge in [-0.25, -0.2) is 4.98 Å². The fourth-order valence-electron chi connectivity index (χ4n) is 3.00. The predicted molar refractivity (Wildman–Crippen MR) is 119 cm³/mol. The van der Waals surface area contributed by atoms with E-state index in [4.69, 9.17) is 21.7 Å². The topological polar surface area (TPSA) is 79.5 Å². The first-order valence-corrected chi connectivity index (χ1v) is 9.64. The van der Waals surface area contributed by atoms with Gasteiger partial charge in [-0.3, -0.25) is 4.79 Å². The number of rotatable bonds is 6. The van der Waals surface area contributed by atoms with Crippen LogP contribution < -0.4 is 20.3 Å². The molecule has 1 heterocycles. The van der Waals surface area contributed by atoms with E-state index in [-0.39, 0.29) is 5.56 Å². The van der Waals surface area contributed by atoms with Gasteiger partial charge < -0.3 is 24.7 Å². The van der Waals surface area contributed by atoms with Crippen LogP contribution in [0.2, 0.25) is 0 Å². The number of hydrogen-bond donors (Lipinski definition) is 2. The van der Waals surface area contributed by atoms with E-state index >= 15 is 0 Å². The van der Waals surface area contributed by atoms with Gasteiger partial charge in [-0.2, -0.15) is 0 Å². The van der Waals surface area contributed by atoms with Gasteiger partial charge in [-0.15, -0.1) is 0 Å². The summed E-state index contributed by atoms with van der Waals surface area (Å²) >= 11 is 5.57. The molecule has 0 saturated heterocycles. The molecule has 0 spiro atoms. The molecule has 152 valence electrons. The van der Waals surface area contributed by atoms with Crippen molar-refractivity contribution in [2.24, 2.45) is 0 Å². The summed E-state index contributed by atoms with van der Waals surface area (Å²) in [5, 5.41) is 4.27. The maximum absolute atomic E-state index is 12.6. The van der Waals surface area contributed by atoms with Gasteiger partial charge in [-0.1, -0.05) is 18.2 Å². The lowest BCUT2D eigenvalue weighted by atomic mass is 10.2. The van der Waals surface area contributed by atoms with Crippen molar-refractivity contribution < 1.29 is 9.47 Å². The van der Waals surface area contributed by atoms with Gasteiger partial charge in [0.05, 0.1) is 31.7 Å². The van der Waals surface area contributed by atoms with Crippen LogP contribution in [0.3, 0.4) is 0 Å². The number of para-hydroxylation sites is 1. The predicted octanol–water partition coefficient (Wildman–Crippen LogP) is 3.47. The molecule has 0 bridgehead atoms. The number of benzene rings is 2. The molecular formula is C21H24N4O3S. The molecule has 2 N–H and O–H groups in total. The molecule has 0 saturated carbocycles. The lowest BCUT2D eigenvalue weighted by Crippen LogP contribution is -2.35. The second-order valence-corrected chi connectivity index (χ2v) is 6.88. The molecule has 0 aliphatic heterocycles. The molecule has 2 aromatic carbocycles. The van der Waals surface area contributed by atoms with Crippen molar-refractivity contribution >= 4 is 33.9 Å². The second kappa shape index (κ2) is 8.91. The largest absolute Gasteiger partial charge is 0.493 e. The lowest BCUT2D eigenvalue weighted by molar-refractivity contribution is 0.355. The maximum Gasteiger partial charge on any atom is 0.258 e. The summed E-state index contributed by atoms with van der Waals surface area (Å²) in [5.41, 5.74) is 2.35. The van der Waals surface area contributed by atoms with Crippen molar-refractivity contribution in [1.29, 1.82) is 0 Å². The van der Waals surface area contributed by atoms with Gasteiger partial charge >= 0.3 is 0 Å². The van der Waals surface area contributed by atoms with E-state index < -0.39 is 0 Å². The Labute approximate surface area is 174 Å². The first kappa shape index (κ1) is 20.6. The third-order valence-corrected chi connectivity index (χ3v) is 5.02. The average Bonchev–Trinajstić information content (AvgIpc) is 2.72. The van der Waals surface area contributed by atoms with Gasteiger partial charge in [0.1, 0.15) is 5.82 Å². The summed E-state index contributed by atoms with van der Waals surface area (Å²) in [4.78, 5) is 22.0. The number of methoxy groups -OCH3 is 2. The van der Waals surface area contributed by atoms with E-state index in [1.54, 1.807) is 19.2 Å². The van der Waals surface area contributed by atoms with Crippen LogP contribution in [0.25, 0.3) is 10.9 Å². The number of anilines is 1. The van der Waals surface area contributed by atoms with Gasteiger partial charge in [0, 0.05) is 18.3 Å². The molecule has 0 fully saturated rings. The van der Waals surface area contributed by atoms with Crippen LogP contribution in [0, 0.1) is 6.92 Å². The molecule has 7 nitrogen and oxygen atoms in total. The molecule has 0 unspecified atom stereocenters. The van der Waals surface area contributed by atoms with Crippen LogP contribution in [-0.4, -0.2) is 40.7 Å². The molecule has 1 aromatic heterocycles. The normalized spacial score (nSPS) is 10.6. The van der Waals surface area contributed by atoms with Crippen molar-refractivity contribution in [3.05, 3.63) is 58.1 Å². The first-order valence-electron chi connectivity index (χ1n) is 9.23. The van der Waals surface area contributed by atoms with Crippen LogP contribution in [0.15, 0.2) is 41.2 Å². The second-order valence-electron chi connectivity index (χ2n) is 6.50. The van der Waals surface area contributed by atoms with Crippen LogP contribution in [0.1, 0.15) is 18.3 Å². The molecule has 3 rings (SSSR count). The molecular weight excluding hydrogens is 388 g/mol. The van der Waals surface area contributed by atoms with Crippen molar-refractivity contribution in [2.45, 2.75) is 20.4 Å². The standard InChI is InChI=1S/C21H24N4O3S/c1-5-25(21(29)23-15-9-7-6-8-13(15)2)12-19-22-16-11-18(28-4)17(27-3)10-14(16)20(26)24-19/h6-11H,5,12H2,1-4H3,(H,23,29)(H,22,24,26). The fraction of sp³-hybridized carbons (Fsp3) is 0.286. The number of aryl methyl sites for hydroxylation is 1. The minimum atomic E-state index is -0.236. The average molecular weight is 413 g/mol. The summed E-state index contributed by atoms with van der Waals surface area (Å²) in [6.45, 7) is 5.04. The summed E-state index contributed by atoms with van der Waals surface area (Å²) in [6.07, 6.45) is 0. The number of ether oxygens (including phenoxy) is 2. The zero-order chi connectivity index (χ0) is 21.0. The summed E-state index contributed by atoms with van der Waals surface area (Å²) in [5.74, 6) is 1.53. The van der Waals surface area contributed by atoms with Crippen LogP contribution in [-0.2, 0) is 6.54 Å². The molecule has 0 radical (unpaired) electrons. The van der Waals surface area contributed by atoms with E-state index in [0.717, 1.165) is 11.3 Å². The minimum Gasteiger partial charge on any atom is -0.493 e. The molecule has 0 aliphatic carbocycles. The highest BCUT2D eigenvalue weighted by Crippen LogP contribution is 2.30. The smallest absolute Gasteiger partial charge is 0.258 e. The molecule has 3 aromatic rings. The zero-order valence-electron chi connectivity index (χ0n) is 16.9. The number of nitrogens with zero attached hydrogens (tertiary/aromatic N) is 2. The Morgan fingerprint density at radius 2 is 1.90 bits per heavy atom. The molecule has 0 atom stereocenters. The number of nitrogens with one attached hydrogen (secondary N) is 2. The summed E-state index contributed by atoms with van der Waals surface area (Å²) < 4.78 is 10.6. The van der Waals surface area contributed by atoms with E-state index in [0.29, 0.717) is 46.4 Å². The Kier molecular flexibility index (Phi) is 6.33. The number of H-pyrrole nitrogens is 1. The van der Waals surface area contributed by atoms with E-state index in [1.165, 1.54) is 7.11 Å². The zero-order valence-corrected chi connectivity index (χ0v) is 17.7. The van der Waals surface area contributed by atoms with E-state index in [9.17, 15) is 4.79 Å². The van der Waals surface area contributed by atoms with Crippen LogP contribution in [0.4, 0.5) is 5.69 Å². The summed E-state index contributed by atoms with van der Waals surface area (Å²) in [6, 6.07) is 11.3.